The Morgan fingerprint density at radius 2 is 2.10 bits per heavy atom. The Balaban J connectivity index is 2.55. The zero-order valence-corrected chi connectivity index (χ0v) is 11.6. The van der Waals surface area contributed by atoms with E-state index in [1.807, 2.05) is 0 Å². The van der Waals surface area contributed by atoms with Gasteiger partial charge in [0, 0.05) is 0 Å². The van der Waals surface area contributed by atoms with Gasteiger partial charge in [-0.3, -0.25) is 4.79 Å². The molecule has 1 heterocycles. The van der Waals surface area contributed by atoms with Crippen LogP contribution in [0.4, 0.5) is 0 Å². The third-order valence-corrected chi connectivity index (χ3v) is 3.38. The van der Waals surface area contributed by atoms with Gasteiger partial charge in [-0.05, 0) is 37.5 Å². The molecular formula is C14H16N2O4. The van der Waals surface area contributed by atoms with Crippen LogP contribution in [0, 0.1) is 5.92 Å². The van der Waals surface area contributed by atoms with Crippen LogP contribution in [0.5, 0.6) is 0 Å². The van der Waals surface area contributed by atoms with Gasteiger partial charge in [-0.15, -0.1) is 10.2 Å². The van der Waals surface area contributed by atoms with E-state index in [2.05, 4.69) is 10.2 Å². The van der Waals surface area contributed by atoms with Crippen LogP contribution in [0.2, 0.25) is 0 Å². The van der Waals surface area contributed by atoms with E-state index < -0.39 is 17.8 Å². The molecule has 0 aromatic heterocycles. The maximum absolute atomic E-state index is 12.0. The van der Waals surface area contributed by atoms with Gasteiger partial charge in [0.05, 0.1) is 30.4 Å². The second-order valence-corrected chi connectivity index (χ2v) is 4.64. The van der Waals surface area contributed by atoms with E-state index >= 15 is 0 Å². The smallest absolute Gasteiger partial charge is 0.338 e. The molecule has 1 atom stereocenters. The summed E-state index contributed by atoms with van der Waals surface area (Å²) in [6, 6.07) is 0. The lowest BCUT2D eigenvalue weighted by molar-refractivity contribution is -0.138. The maximum Gasteiger partial charge on any atom is 0.338 e. The number of nitrogens with zero attached hydrogens (tertiary/aromatic N) is 2. The standard InChI is InChI=1S/C14H16N2O4/c1-4-20-14(19)11-7(2)5-9-10(6-17)15-16-13(18)12(9)8(11)3/h5,12,17H,4,6H2,1-3H3. The maximum atomic E-state index is 12.0. The van der Waals surface area contributed by atoms with Crippen molar-refractivity contribution in [2.45, 2.75) is 20.8 Å². The summed E-state index contributed by atoms with van der Waals surface area (Å²) in [7, 11) is 0. The lowest BCUT2D eigenvalue weighted by Gasteiger charge is -2.27. The van der Waals surface area contributed by atoms with Crippen LogP contribution in [-0.2, 0) is 14.3 Å². The first kappa shape index (κ1) is 14.3. The molecule has 1 N–H and O–H groups in total. The highest BCUT2D eigenvalue weighted by Crippen LogP contribution is 2.38. The molecule has 1 unspecified atom stereocenters. The summed E-state index contributed by atoms with van der Waals surface area (Å²) in [5.74, 6) is -1.53. The van der Waals surface area contributed by atoms with Crippen molar-refractivity contribution in [2.24, 2.45) is 16.1 Å². The summed E-state index contributed by atoms with van der Waals surface area (Å²) in [4.78, 5) is 23.9. The van der Waals surface area contributed by atoms with Crippen LogP contribution in [0.15, 0.2) is 44.3 Å². The molecule has 6 nitrogen and oxygen atoms in total. The fourth-order valence-electron chi connectivity index (χ4n) is 2.52. The van der Waals surface area contributed by atoms with E-state index in [1.54, 1.807) is 26.8 Å². The highest BCUT2D eigenvalue weighted by Gasteiger charge is 2.36. The molecule has 0 aromatic rings. The van der Waals surface area contributed by atoms with Crippen molar-refractivity contribution < 1.29 is 19.4 Å². The van der Waals surface area contributed by atoms with Crippen LogP contribution in [-0.4, -0.2) is 30.2 Å². The van der Waals surface area contributed by atoms with Crippen molar-refractivity contribution in [2.75, 3.05) is 13.2 Å². The summed E-state index contributed by atoms with van der Waals surface area (Å²) in [5, 5.41) is 16.5. The quantitative estimate of drug-likeness (QED) is 0.794. The summed E-state index contributed by atoms with van der Waals surface area (Å²) in [5.41, 5.74) is 2.66. The number of hydrogen-bond donors (Lipinski definition) is 1. The molecule has 0 saturated heterocycles. The van der Waals surface area contributed by atoms with Gasteiger partial charge >= 0.3 is 5.97 Å². The first-order chi connectivity index (χ1) is 9.51. The molecule has 2 aliphatic rings. The predicted octanol–water partition coefficient (Wildman–Crippen LogP) is 1.68. The van der Waals surface area contributed by atoms with Crippen molar-refractivity contribution in [3.63, 3.8) is 0 Å². The molecule has 6 heteroatoms. The van der Waals surface area contributed by atoms with Gasteiger partial charge in [0.25, 0.3) is 5.91 Å². The molecule has 1 amide bonds. The Kier molecular flexibility index (Phi) is 3.94. The zero-order chi connectivity index (χ0) is 14.9. The number of ether oxygens (including phenoxy) is 1. The first-order valence-electron chi connectivity index (χ1n) is 6.37. The van der Waals surface area contributed by atoms with Crippen molar-refractivity contribution in [3.05, 3.63) is 34.1 Å². The first-order valence-corrected chi connectivity index (χ1v) is 6.37. The Bertz CT molecular complexity index is 596. The zero-order valence-electron chi connectivity index (χ0n) is 11.6. The molecule has 0 aromatic carbocycles. The van der Waals surface area contributed by atoms with Crippen LogP contribution >= 0.6 is 0 Å². The second kappa shape index (κ2) is 5.50. The molecule has 2 rings (SSSR count). The average Bonchev–Trinajstić information content (AvgIpc) is 2.39. The van der Waals surface area contributed by atoms with Gasteiger partial charge < -0.3 is 9.84 Å². The SMILES string of the molecule is CCOC(=O)C1=C(C)C2C(=O)N=NC(CO)=C2C=C1C. The Morgan fingerprint density at radius 1 is 1.40 bits per heavy atom. The largest absolute Gasteiger partial charge is 0.462 e. The summed E-state index contributed by atoms with van der Waals surface area (Å²) in [6.07, 6.45) is 1.70. The number of carbonyl (C=O) groups excluding carboxylic acids is 2. The van der Waals surface area contributed by atoms with Gasteiger partial charge in [-0.1, -0.05) is 6.08 Å². The normalized spacial score (nSPS) is 21.9. The number of fused-ring (bicyclic) bond motifs is 1. The number of carbonyl (C=O) groups is 2. The number of aliphatic hydroxyl groups excluding tert-OH is 1. The van der Waals surface area contributed by atoms with Gasteiger partial charge in [-0.2, -0.15) is 0 Å². The monoisotopic (exact) mass is 276 g/mol. The van der Waals surface area contributed by atoms with Gasteiger partial charge in [-0.25, -0.2) is 4.79 Å². The van der Waals surface area contributed by atoms with E-state index in [0.717, 1.165) is 0 Å². The third-order valence-electron chi connectivity index (χ3n) is 3.38. The molecule has 1 aliphatic carbocycles. The van der Waals surface area contributed by atoms with Crippen molar-refractivity contribution in [1.29, 1.82) is 0 Å². The average molecular weight is 276 g/mol. The van der Waals surface area contributed by atoms with Gasteiger partial charge in [0.2, 0.25) is 0 Å². The van der Waals surface area contributed by atoms with Crippen LogP contribution in [0.1, 0.15) is 20.8 Å². The molecule has 20 heavy (non-hydrogen) atoms. The second-order valence-electron chi connectivity index (χ2n) is 4.64. The fourth-order valence-corrected chi connectivity index (χ4v) is 2.52. The molecule has 0 radical (unpaired) electrons. The van der Waals surface area contributed by atoms with Crippen molar-refractivity contribution in [3.8, 4) is 0 Å². The molecule has 0 fully saturated rings. The van der Waals surface area contributed by atoms with Crippen molar-refractivity contribution in [1.82, 2.24) is 0 Å². The Morgan fingerprint density at radius 3 is 2.70 bits per heavy atom. The summed E-state index contributed by atoms with van der Waals surface area (Å²) in [6.45, 7) is 5.18. The van der Waals surface area contributed by atoms with Gasteiger partial charge in [0.15, 0.2) is 0 Å². The number of aliphatic hydroxyl groups is 1. The van der Waals surface area contributed by atoms with Gasteiger partial charge in [0.1, 0.15) is 0 Å². The number of allylic oxidation sites excluding steroid dienone is 1. The summed E-state index contributed by atoms with van der Waals surface area (Å²) >= 11 is 0. The third kappa shape index (κ3) is 2.22. The number of amides is 1. The molecule has 0 saturated carbocycles. The molecule has 106 valence electrons. The topological polar surface area (TPSA) is 88.3 Å². The minimum atomic E-state index is -0.655. The van der Waals surface area contributed by atoms with E-state index in [-0.39, 0.29) is 13.2 Å². The minimum Gasteiger partial charge on any atom is -0.462 e. The fraction of sp³-hybridized carbons (Fsp3) is 0.429. The van der Waals surface area contributed by atoms with Crippen LogP contribution in [0.3, 0.4) is 0 Å². The number of azo groups is 1. The van der Waals surface area contributed by atoms with Crippen molar-refractivity contribution >= 4 is 11.9 Å². The van der Waals surface area contributed by atoms with E-state index in [9.17, 15) is 14.7 Å². The van der Waals surface area contributed by atoms with Crippen LogP contribution in [0.25, 0.3) is 0 Å². The molecule has 1 aliphatic heterocycles. The highest BCUT2D eigenvalue weighted by atomic mass is 16.5. The Labute approximate surface area is 116 Å². The van der Waals surface area contributed by atoms with Crippen LogP contribution < -0.4 is 0 Å². The van der Waals surface area contributed by atoms with E-state index in [4.69, 9.17) is 4.74 Å². The lowest BCUT2D eigenvalue weighted by atomic mass is 9.79. The predicted molar refractivity (Wildman–Crippen MR) is 70.6 cm³/mol. The van der Waals surface area contributed by atoms with E-state index in [0.29, 0.717) is 28.0 Å². The van der Waals surface area contributed by atoms with E-state index in [1.165, 1.54) is 0 Å². The number of hydrogen-bond acceptors (Lipinski definition) is 5. The number of rotatable bonds is 3. The minimum absolute atomic E-state index is 0.270. The highest BCUT2D eigenvalue weighted by molar-refractivity contribution is 5.98. The Hall–Kier alpha value is -2.08. The molecule has 0 spiro atoms. The number of esters is 1. The molecular weight excluding hydrogens is 260 g/mol. The molecule has 0 bridgehead atoms. The summed E-state index contributed by atoms with van der Waals surface area (Å²) < 4.78 is 5.02. The lowest BCUT2D eigenvalue weighted by Crippen LogP contribution is -2.27.